The van der Waals surface area contributed by atoms with Crippen LogP contribution in [0.1, 0.15) is 57.1 Å². The summed E-state index contributed by atoms with van der Waals surface area (Å²) in [5.41, 5.74) is 2.12. The first-order chi connectivity index (χ1) is 15.5. The number of nitrogens with one attached hydrogen (secondary N) is 1. The fourth-order valence-electron chi connectivity index (χ4n) is 3.99. The highest BCUT2D eigenvalue weighted by molar-refractivity contribution is 6.30. The molecular weight excluding hydrogens is 424 g/mol. The first-order valence-corrected chi connectivity index (χ1v) is 11.9. The topological polar surface area (TPSA) is 58.6 Å². The van der Waals surface area contributed by atoms with E-state index in [1.165, 1.54) is 12.0 Å². The summed E-state index contributed by atoms with van der Waals surface area (Å²) < 4.78 is 5.74. The molecule has 0 saturated heterocycles. The maximum Gasteiger partial charge on any atom is 0.261 e. The molecule has 2 aromatic carbocycles. The Balaban J connectivity index is 1.68. The third-order valence-electron chi connectivity index (χ3n) is 6.08. The van der Waals surface area contributed by atoms with E-state index in [1.54, 1.807) is 24.0 Å². The number of rotatable bonds is 9. The van der Waals surface area contributed by atoms with Crippen LogP contribution in [0.2, 0.25) is 5.02 Å². The minimum atomic E-state index is -0.605. The summed E-state index contributed by atoms with van der Waals surface area (Å²) in [5.74, 6) is 0.290. The Morgan fingerprint density at radius 3 is 2.28 bits per heavy atom. The lowest BCUT2D eigenvalue weighted by molar-refractivity contribution is -0.142. The van der Waals surface area contributed by atoms with Gasteiger partial charge in [0, 0.05) is 17.6 Å². The van der Waals surface area contributed by atoms with Crippen LogP contribution in [0.4, 0.5) is 0 Å². The van der Waals surface area contributed by atoms with E-state index in [2.05, 4.69) is 12.2 Å². The minimum Gasteiger partial charge on any atom is -0.484 e. The second-order valence-electron chi connectivity index (χ2n) is 8.45. The molecule has 0 heterocycles. The van der Waals surface area contributed by atoms with Gasteiger partial charge in [-0.1, -0.05) is 62.1 Å². The van der Waals surface area contributed by atoms with E-state index in [9.17, 15) is 9.59 Å². The lowest BCUT2D eigenvalue weighted by atomic mass is 9.95. The summed E-state index contributed by atoms with van der Waals surface area (Å²) in [6.07, 6.45) is 6.44. The molecule has 0 radical (unpaired) electrons. The monoisotopic (exact) mass is 456 g/mol. The predicted molar refractivity (Wildman–Crippen MR) is 128 cm³/mol. The van der Waals surface area contributed by atoms with Gasteiger partial charge in [-0.05, 0) is 61.6 Å². The average Bonchev–Trinajstić information content (AvgIpc) is 2.82. The van der Waals surface area contributed by atoms with Crippen molar-refractivity contribution < 1.29 is 14.3 Å². The van der Waals surface area contributed by atoms with Crippen LogP contribution in [0.5, 0.6) is 5.75 Å². The molecule has 0 aromatic heterocycles. The van der Waals surface area contributed by atoms with Crippen molar-refractivity contribution in [1.29, 1.82) is 0 Å². The lowest BCUT2D eigenvalue weighted by Gasteiger charge is -2.31. The number of amides is 2. The second kappa shape index (κ2) is 11.9. The number of carbonyl (C=O) groups excluding carboxylic acids is 2. The van der Waals surface area contributed by atoms with Crippen molar-refractivity contribution in [3.8, 4) is 5.75 Å². The minimum absolute atomic E-state index is 0.119. The van der Waals surface area contributed by atoms with E-state index in [1.807, 2.05) is 36.4 Å². The van der Waals surface area contributed by atoms with Gasteiger partial charge in [0.05, 0.1) is 0 Å². The summed E-state index contributed by atoms with van der Waals surface area (Å²) in [6.45, 7) is 4.06. The highest BCUT2D eigenvalue weighted by Crippen LogP contribution is 2.19. The average molecular weight is 457 g/mol. The smallest absolute Gasteiger partial charge is 0.261 e. The van der Waals surface area contributed by atoms with E-state index in [-0.39, 0.29) is 24.5 Å². The molecule has 1 aliphatic rings. The Kier molecular flexibility index (Phi) is 8.98. The molecule has 1 fully saturated rings. The molecule has 5 nitrogen and oxygen atoms in total. The van der Waals surface area contributed by atoms with Crippen molar-refractivity contribution in [1.82, 2.24) is 10.2 Å². The Hall–Kier alpha value is -2.53. The van der Waals surface area contributed by atoms with Gasteiger partial charge in [-0.3, -0.25) is 9.59 Å². The van der Waals surface area contributed by atoms with Gasteiger partial charge in [0.25, 0.3) is 5.91 Å². The van der Waals surface area contributed by atoms with Crippen LogP contribution in [0.3, 0.4) is 0 Å². The van der Waals surface area contributed by atoms with Gasteiger partial charge in [0.2, 0.25) is 5.91 Å². The van der Waals surface area contributed by atoms with Gasteiger partial charge < -0.3 is 15.0 Å². The maximum atomic E-state index is 13.1. The van der Waals surface area contributed by atoms with E-state index in [0.29, 0.717) is 17.3 Å². The highest BCUT2D eigenvalue weighted by atomic mass is 35.5. The van der Waals surface area contributed by atoms with Gasteiger partial charge in [0.15, 0.2) is 6.61 Å². The van der Waals surface area contributed by atoms with Crippen LogP contribution < -0.4 is 10.1 Å². The van der Waals surface area contributed by atoms with Gasteiger partial charge in [-0.15, -0.1) is 0 Å². The van der Waals surface area contributed by atoms with Crippen molar-refractivity contribution in [2.45, 2.75) is 71.0 Å². The SMILES string of the molecule is CCc1ccc(OCC(=O)N(Cc2ccc(Cl)cc2)[C@@H](C)C(=O)NC2CCCCC2)cc1. The fraction of sp³-hybridized carbons (Fsp3) is 0.462. The Bertz CT molecular complexity index is 877. The molecule has 0 bridgehead atoms. The zero-order chi connectivity index (χ0) is 22.9. The van der Waals surface area contributed by atoms with E-state index in [0.717, 1.165) is 37.7 Å². The zero-order valence-corrected chi connectivity index (χ0v) is 19.7. The largest absolute Gasteiger partial charge is 0.484 e. The molecule has 2 amide bonds. The number of carbonyl (C=O) groups is 2. The van der Waals surface area contributed by atoms with E-state index >= 15 is 0 Å². The number of nitrogens with zero attached hydrogens (tertiary/aromatic N) is 1. The fourth-order valence-corrected chi connectivity index (χ4v) is 4.11. The van der Waals surface area contributed by atoms with Crippen LogP contribution >= 0.6 is 11.6 Å². The second-order valence-corrected chi connectivity index (χ2v) is 8.89. The van der Waals surface area contributed by atoms with Crippen molar-refractivity contribution >= 4 is 23.4 Å². The van der Waals surface area contributed by atoms with Crippen molar-refractivity contribution in [3.05, 3.63) is 64.7 Å². The van der Waals surface area contributed by atoms with Crippen LogP contribution in [0, 0.1) is 0 Å². The number of aryl methyl sites for hydroxylation is 1. The molecule has 6 heteroatoms. The number of halogens is 1. The Morgan fingerprint density at radius 1 is 1.03 bits per heavy atom. The van der Waals surface area contributed by atoms with Crippen molar-refractivity contribution in [2.75, 3.05) is 6.61 Å². The third-order valence-corrected chi connectivity index (χ3v) is 6.33. The van der Waals surface area contributed by atoms with Crippen LogP contribution in [-0.2, 0) is 22.6 Å². The standard InChI is InChI=1S/C26H33ClN2O3/c1-3-20-11-15-24(16-12-20)32-18-25(30)29(17-21-9-13-22(27)14-10-21)19(2)26(31)28-23-7-5-4-6-8-23/h9-16,19,23H,3-8,17-18H2,1-2H3,(H,28,31)/t19-/m0/s1. The summed E-state index contributed by atoms with van der Waals surface area (Å²) in [5, 5.41) is 3.77. The number of benzene rings is 2. The number of hydrogen-bond donors (Lipinski definition) is 1. The maximum absolute atomic E-state index is 13.1. The molecule has 32 heavy (non-hydrogen) atoms. The predicted octanol–water partition coefficient (Wildman–Crippen LogP) is 5.15. The van der Waals surface area contributed by atoms with Crippen LogP contribution in [-0.4, -0.2) is 35.4 Å². The van der Waals surface area contributed by atoms with Gasteiger partial charge >= 0.3 is 0 Å². The van der Waals surface area contributed by atoms with Crippen molar-refractivity contribution in [3.63, 3.8) is 0 Å². The molecule has 1 aliphatic carbocycles. The van der Waals surface area contributed by atoms with Gasteiger partial charge in [0.1, 0.15) is 11.8 Å². The quantitative estimate of drug-likeness (QED) is 0.567. The summed E-state index contributed by atoms with van der Waals surface area (Å²) in [7, 11) is 0. The molecule has 0 unspecified atom stereocenters. The first kappa shape index (κ1) is 24.1. The van der Waals surface area contributed by atoms with Crippen LogP contribution in [0.25, 0.3) is 0 Å². The molecular formula is C26H33ClN2O3. The number of ether oxygens (including phenoxy) is 1. The molecule has 1 atom stereocenters. The summed E-state index contributed by atoms with van der Waals surface area (Å²) >= 11 is 6.01. The van der Waals surface area contributed by atoms with Crippen molar-refractivity contribution in [2.24, 2.45) is 0 Å². The summed E-state index contributed by atoms with van der Waals surface area (Å²) in [6, 6.07) is 14.6. The zero-order valence-electron chi connectivity index (χ0n) is 19.0. The van der Waals surface area contributed by atoms with Gasteiger partial charge in [-0.2, -0.15) is 0 Å². The normalized spacial score (nSPS) is 15.1. The van der Waals surface area contributed by atoms with E-state index < -0.39 is 6.04 Å². The van der Waals surface area contributed by atoms with Crippen LogP contribution in [0.15, 0.2) is 48.5 Å². The molecule has 172 valence electrons. The third kappa shape index (κ3) is 6.99. The molecule has 1 N–H and O–H groups in total. The van der Waals surface area contributed by atoms with E-state index in [4.69, 9.17) is 16.3 Å². The highest BCUT2D eigenvalue weighted by Gasteiger charge is 2.28. The molecule has 3 rings (SSSR count). The van der Waals surface area contributed by atoms with Gasteiger partial charge in [-0.25, -0.2) is 0 Å². The lowest BCUT2D eigenvalue weighted by Crippen LogP contribution is -2.51. The molecule has 0 aliphatic heterocycles. The Labute approximate surface area is 196 Å². The number of hydrogen-bond acceptors (Lipinski definition) is 3. The first-order valence-electron chi connectivity index (χ1n) is 11.5. The molecule has 1 saturated carbocycles. The Morgan fingerprint density at radius 2 is 1.66 bits per heavy atom. The molecule has 0 spiro atoms. The summed E-state index contributed by atoms with van der Waals surface area (Å²) in [4.78, 5) is 27.7. The molecule has 2 aromatic rings.